The highest BCUT2D eigenvalue weighted by Gasteiger charge is 2.36. The fourth-order valence-corrected chi connectivity index (χ4v) is 2.67. The predicted octanol–water partition coefficient (Wildman–Crippen LogP) is 0.614. The SMILES string of the molecule is c1n[nH]c(C2CN3CCC2CC3)n1. The first-order valence-electron chi connectivity index (χ1n) is 5.01. The lowest BCUT2D eigenvalue weighted by Crippen LogP contribution is -2.46. The van der Waals surface area contributed by atoms with Crippen LogP contribution in [0, 0.1) is 5.92 Å². The molecule has 3 saturated heterocycles. The number of hydrogen-bond acceptors (Lipinski definition) is 3. The van der Waals surface area contributed by atoms with Gasteiger partial charge in [0.1, 0.15) is 12.2 Å². The van der Waals surface area contributed by atoms with Crippen molar-refractivity contribution in [2.75, 3.05) is 19.6 Å². The van der Waals surface area contributed by atoms with Gasteiger partial charge in [0.25, 0.3) is 0 Å². The molecular weight excluding hydrogens is 164 g/mol. The van der Waals surface area contributed by atoms with E-state index in [2.05, 4.69) is 20.1 Å². The van der Waals surface area contributed by atoms with Gasteiger partial charge in [-0.3, -0.25) is 5.10 Å². The number of hydrogen-bond donors (Lipinski definition) is 1. The van der Waals surface area contributed by atoms with E-state index < -0.39 is 0 Å². The molecule has 0 spiro atoms. The number of nitrogens with zero attached hydrogens (tertiary/aromatic N) is 3. The molecule has 70 valence electrons. The molecule has 4 heteroatoms. The minimum Gasteiger partial charge on any atom is -0.303 e. The summed E-state index contributed by atoms with van der Waals surface area (Å²) in [6, 6.07) is 0. The van der Waals surface area contributed by atoms with E-state index in [1.807, 2.05) is 0 Å². The van der Waals surface area contributed by atoms with Crippen molar-refractivity contribution in [2.45, 2.75) is 18.8 Å². The Labute approximate surface area is 77.4 Å². The van der Waals surface area contributed by atoms with Crippen LogP contribution in [0.3, 0.4) is 0 Å². The van der Waals surface area contributed by atoms with Gasteiger partial charge >= 0.3 is 0 Å². The molecule has 0 amide bonds. The molecule has 1 atom stereocenters. The molecule has 2 bridgehead atoms. The van der Waals surface area contributed by atoms with Crippen LogP contribution >= 0.6 is 0 Å². The lowest BCUT2D eigenvalue weighted by Gasteiger charge is -2.43. The molecule has 13 heavy (non-hydrogen) atoms. The van der Waals surface area contributed by atoms with E-state index >= 15 is 0 Å². The maximum atomic E-state index is 4.27. The van der Waals surface area contributed by atoms with Crippen LogP contribution < -0.4 is 0 Å². The van der Waals surface area contributed by atoms with Gasteiger partial charge in [-0.25, -0.2) is 4.98 Å². The zero-order valence-corrected chi connectivity index (χ0v) is 7.61. The minimum atomic E-state index is 0.616. The summed E-state index contributed by atoms with van der Waals surface area (Å²) in [6.07, 6.45) is 4.30. The average Bonchev–Trinajstić information content (AvgIpc) is 2.72. The molecule has 1 unspecified atom stereocenters. The summed E-state index contributed by atoms with van der Waals surface area (Å²) in [5.41, 5.74) is 0. The molecule has 3 aliphatic heterocycles. The fourth-order valence-electron chi connectivity index (χ4n) is 2.67. The lowest BCUT2D eigenvalue weighted by atomic mass is 9.79. The quantitative estimate of drug-likeness (QED) is 0.685. The second kappa shape index (κ2) is 2.80. The number of aromatic nitrogens is 3. The Hall–Kier alpha value is -0.900. The molecule has 1 aromatic heterocycles. The van der Waals surface area contributed by atoms with Crippen molar-refractivity contribution in [3.63, 3.8) is 0 Å². The molecule has 1 N–H and O–H groups in total. The Kier molecular flexibility index (Phi) is 1.62. The van der Waals surface area contributed by atoms with Gasteiger partial charge in [-0.1, -0.05) is 0 Å². The van der Waals surface area contributed by atoms with Gasteiger partial charge in [0.15, 0.2) is 0 Å². The molecule has 4 rings (SSSR count). The van der Waals surface area contributed by atoms with Crippen molar-refractivity contribution in [2.24, 2.45) is 5.92 Å². The largest absolute Gasteiger partial charge is 0.303 e. The topological polar surface area (TPSA) is 44.8 Å². The Balaban J connectivity index is 1.85. The van der Waals surface area contributed by atoms with Gasteiger partial charge in [-0.05, 0) is 31.8 Å². The zero-order chi connectivity index (χ0) is 8.67. The maximum absolute atomic E-state index is 4.27. The van der Waals surface area contributed by atoms with E-state index in [1.165, 1.54) is 32.5 Å². The van der Waals surface area contributed by atoms with E-state index in [4.69, 9.17) is 0 Å². The normalized spacial score (nSPS) is 38.0. The summed E-state index contributed by atoms with van der Waals surface area (Å²) in [6.45, 7) is 3.75. The van der Waals surface area contributed by atoms with E-state index in [9.17, 15) is 0 Å². The number of H-pyrrole nitrogens is 1. The second-order valence-corrected chi connectivity index (χ2v) is 4.12. The van der Waals surface area contributed by atoms with Crippen molar-refractivity contribution in [3.05, 3.63) is 12.2 Å². The number of rotatable bonds is 1. The van der Waals surface area contributed by atoms with Crippen molar-refractivity contribution >= 4 is 0 Å². The van der Waals surface area contributed by atoms with Crippen LogP contribution in [0.5, 0.6) is 0 Å². The van der Waals surface area contributed by atoms with Crippen LogP contribution in [-0.4, -0.2) is 39.7 Å². The van der Waals surface area contributed by atoms with Gasteiger partial charge in [-0.2, -0.15) is 5.10 Å². The zero-order valence-electron chi connectivity index (χ0n) is 7.61. The molecule has 4 heterocycles. The first kappa shape index (κ1) is 7.50. The van der Waals surface area contributed by atoms with E-state index in [1.54, 1.807) is 6.33 Å². The molecule has 3 fully saturated rings. The average molecular weight is 178 g/mol. The van der Waals surface area contributed by atoms with Crippen LogP contribution in [0.4, 0.5) is 0 Å². The van der Waals surface area contributed by atoms with Gasteiger partial charge in [-0.15, -0.1) is 0 Å². The Bertz CT molecular complexity index is 274. The molecule has 4 nitrogen and oxygen atoms in total. The van der Waals surface area contributed by atoms with Crippen molar-refractivity contribution < 1.29 is 0 Å². The number of aromatic amines is 1. The third-order valence-electron chi connectivity index (χ3n) is 3.44. The number of nitrogens with one attached hydrogen (secondary N) is 1. The molecule has 3 aliphatic rings. The van der Waals surface area contributed by atoms with E-state index in [0.29, 0.717) is 5.92 Å². The highest BCUT2D eigenvalue weighted by Crippen LogP contribution is 2.37. The summed E-state index contributed by atoms with van der Waals surface area (Å²) < 4.78 is 0. The van der Waals surface area contributed by atoms with Crippen LogP contribution in [0.1, 0.15) is 24.6 Å². The van der Waals surface area contributed by atoms with Crippen LogP contribution in [0.2, 0.25) is 0 Å². The first-order chi connectivity index (χ1) is 6.43. The summed E-state index contributed by atoms with van der Waals surface area (Å²) in [5.74, 6) is 2.55. The Morgan fingerprint density at radius 2 is 2.23 bits per heavy atom. The van der Waals surface area contributed by atoms with Crippen LogP contribution in [0.15, 0.2) is 6.33 Å². The highest BCUT2D eigenvalue weighted by atomic mass is 15.2. The third-order valence-corrected chi connectivity index (χ3v) is 3.44. The van der Waals surface area contributed by atoms with Crippen LogP contribution in [-0.2, 0) is 0 Å². The van der Waals surface area contributed by atoms with E-state index in [-0.39, 0.29) is 0 Å². The Morgan fingerprint density at radius 1 is 1.38 bits per heavy atom. The molecule has 0 radical (unpaired) electrons. The summed E-state index contributed by atoms with van der Waals surface area (Å²) in [4.78, 5) is 6.80. The van der Waals surface area contributed by atoms with Gasteiger partial charge in [0, 0.05) is 12.5 Å². The molecule has 1 aromatic rings. The van der Waals surface area contributed by atoms with Crippen molar-refractivity contribution in [1.29, 1.82) is 0 Å². The second-order valence-electron chi connectivity index (χ2n) is 4.12. The molecule has 0 saturated carbocycles. The summed E-state index contributed by atoms with van der Waals surface area (Å²) in [5, 5.41) is 6.93. The maximum Gasteiger partial charge on any atom is 0.137 e. The number of fused-ring (bicyclic) bond motifs is 3. The van der Waals surface area contributed by atoms with Gasteiger partial charge in [0.05, 0.1) is 0 Å². The van der Waals surface area contributed by atoms with Crippen molar-refractivity contribution in [1.82, 2.24) is 20.1 Å². The third kappa shape index (κ3) is 1.16. The standard InChI is InChI=1S/C9H14N4/c1-3-13-4-2-7(1)8(5-13)9-10-6-11-12-9/h6-8H,1-5H2,(H,10,11,12). The van der Waals surface area contributed by atoms with Crippen LogP contribution in [0.25, 0.3) is 0 Å². The molecule has 0 aromatic carbocycles. The fraction of sp³-hybridized carbons (Fsp3) is 0.778. The molecular formula is C9H14N4. The Morgan fingerprint density at radius 3 is 2.77 bits per heavy atom. The first-order valence-corrected chi connectivity index (χ1v) is 5.01. The number of piperidine rings is 3. The minimum absolute atomic E-state index is 0.616. The highest BCUT2D eigenvalue weighted by molar-refractivity contribution is 5.03. The predicted molar refractivity (Wildman–Crippen MR) is 48.3 cm³/mol. The summed E-state index contributed by atoms with van der Waals surface area (Å²) >= 11 is 0. The molecule has 0 aliphatic carbocycles. The van der Waals surface area contributed by atoms with E-state index in [0.717, 1.165) is 11.7 Å². The summed E-state index contributed by atoms with van der Waals surface area (Å²) in [7, 11) is 0. The lowest BCUT2D eigenvalue weighted by molar-refractivity contribution is 0.0837. The van der Waals surface area contributed by atoms with Gasteiger partial charge in [0.2, 0.25) is 0 Å². The van der Waals surface area contributed by atoms with Gasteiger partial charge < -0.3 is 4.90 Å². The van der Waals surface area contributed by atoms with Crippen molar-refractivity contribution in [3.8, 4) is 0 Å². The smallest absolute Gasteiger partial charge is 0.137 e. The monoisotopic (exact) mass is 178 g/mol.